The molecule has 0 bridgehead atoms. The molecule has 3 aliphatic heterocycles. The molecule has 0 saturated carbocycles. The molecule has 3 aliphatic rings. The number of carbonyl (C=O) groups excluding carboxylic acids is 3. The van der Waals surface area contributed by atoms with Gasteiger partial charge in [-0.1, -0.05) is 22.6 Å². The highest BCUT2D eigenvalue weighted by Gasteiger charge is 2.54. The van der Waals surface area contributed by atoms with Crippen LogP contribution in [0.3, 0.4) is 0 Å². The first-order chi connectivity index (χ1) is 17.8. The number of rotatable bonds is 8. The van der Waals surface area contributed by atoms with E-state index in [1.807, 2.05) is 35.2 Å². The largest absolute Gasteiger partial charge is 0.477 e. The van der Waals surface area contributed by atoms with Gasteiger partial charge in [-0.25, -0.2) is 14.3 Å². The first-order valence-corrected chi connectivity index (χ1v) is 13.1. The zero-order chi connectivity index (χ0) is 26.1. The maximum atomic E-state index is 13.2. The van der Waals surface area contributed by atoms with Crippen LogP contribution in [0.4, 0.5) is 5.13 Å². The van der Waals surface area contributed by atoms with Crippen molar-refractivity contribution in [3.63, 3.8) is 0 Å². The minimum absolute atomic E-state index is 0.0738. The molecule has 1 unspecified atom stereocenters. The highest BCUT2D eigenvalue weighted by atomic mass is 32.2. The number of oxime groups is 1. The molecule has 0 spiro atoms. The Hall–Kier alpha value is -3.98. The first-order valence-electron chi connectivity index (χ1n) is 11.2. The van der Waals surface area contributed by atoms with Crippen molar-refractivity contribution >= 4 is 57.6 Å². The molecule has 192 valence electrons. The summed E-state index contributed by atoms with van der Waals surface area (Å²) in [7, 11) is 0. The quantitative estimate of drug-likeness (QED) is 0.141. The number of aliphatic carboxylic acids is 1. The maximum Gasteiger partial charge on any atom is 0.352 e. The molecule has 2 saturated heterocycles. The smallest absolute Gasteiger partial charge is 0.352 e. The first kappa shape index (κ1) is 24.7. The number of anilines is 1. The van der Waals surface area contributed by atoms with Crippen LogP contribution in [0, 0.1) is 0 Å². The second-order valence-electron chi connectivity index (χ2n) is 8.34. The lowest BCUT2D eigenvalue weighted by atomic mass is 10.0. The number of carboxylic acid groups (broad SMARTS) is 1. The minimum Gasteiger partial charge on any atom is -0.477 e. The third kappa shape index (κ3) is 4.86. The summed E-state index contributed by atoms with van der Waals surface area (Å²) in [6.07, 6.45) is 4.53. The number of nitrogen functional groups attached to an aromatic ring is 1. The molecule has 0 radical (unpaired) electrons. The number of amides is 3. The zero-order valence-electron chi connectivity index (χ0n) is 19.2. The van der Waals surface area contributed by atoms with E-state index in [9.17, 15) is 24.3 Å². The number of hydrogen-bond acceptors (Lipinski definition) is 10. The Bertz CT molecular complexity index is 1330. The lowest BCUT2D eigenvalue weighted by molar-refractivity contribution is -0.689. The highest BCUT2D eigenvalue weighted by molar-refractivity contribution is 8.00. The summed E-state index contributed by atoms with van der Waals surface area (Å²) in [4.78, 5) is 60.9. The van der Waals surface area contributed by atoms with Crippen LogP contribution < -0.4 is 20.9 Å². The third-order valence-electron chi connectivity index (χ3n) is 5.93. The van der Waals surface area contributed by atoms with Gasteiger partial charge in [-0.2, -0.15) is 0 Å². The zero-order valence-corrected chi connectivity index (χ0v) is 20.8. The van der Waals surface area contributed by atoms with Crippen LogP contribution in [0.1, 0.15) is 11.3 Å². The molecule has 15 heteroatoms. The number of β-lactam (4-membered cyclic amide) rings is 1. The number of aromatic nitrogens is 2. The Labute approximate surface area is 218 Å². The van der Waals surface area contributed by atoms with Gasteiger partial charge in [0.05, 0.1) is 4.88 Å². The average Bonchev–Trinajstić information content (AvgIpc) is 3.50. The molecule has 37 heavy (non-hydrogen) atoms. The number of carbonyl (C=O) groups is 4. The fourth-order valence-corrected chi connectivity index (χ4v) is 6.16. The van der Waals surface area contributed by atoms with Gasteiger partial charge in [-0.3, -0.25) is 19.3 Å². The summed E-state index contributed by atoms with van der Waals surface area (Å²) < 4.78 is 1.83. The molecule has 5 N–H and O–H groups in total. The van der Waals surface area contributed by atoms with Crippen molar-refractivity contribution < 1.29 is 33.7 Å². The molecule has 13 nitrogen and oxygen atoms in total. The van der Waals surface area contributed by atoms with E-state index in [-0.39, 0.29) is 22.4 Å². The van der Waals surface area contributed by atoms with Crippen LogP contribution in [-0.2, 0) is 30.6 Å². The van der Waals surface area contributed by atoms with E-state index in [2.05, 4.69) is 20.8 Å². The summed E-state index contributed by atoms with van der Waals surface area (Å²) in [5.74, 6) is -2.45. The van der Waals surface area contributed by atoms with E-state index in [1.54, 1.807) is 0 Å². The van der Waals surface area contributed by atoms with E-state index in [0.29, 0.717) is 35.7 Å². The molecular weight excluding hydrogens is 522 g/mol. The molecule has 2 fully saturated rings. The molecule has 5 heterocycles. The monoisotopic (exact) mass is 544 g/mol. The SMILES string of the molecule is Nc1ncc(/C(=N\OC2CCNC2=O)C(=O)N[C@H]2C(=O)N3C(C(=O)O)=C(C[n+]4ccccc4)CS[C@@H]23)s1. The average molecular weight is 545 g/mol. The summed E-state index contributed by atoms with van der Waals surface area (Å²) in [5, 5.41) is 18.6. The van der Waals surface area contributed by atoms with Crippen LogP contribution in [-0.4, -0.2) is 74.2 Å². The van der Waals surface area contributed by atoms with Crippen molar-refractivity contribution in [2.75, 3.05) is 18.0 Å². The second-order valence-corrected chi connectivity index (χ2v) is 10.5. The number of thioether (sulfide) groups is 1. The van der Waals surface area contributed by atoms with Crippen molar-refractivity contribution in [1.29, 1.82) is 0 Å². The molecule has 3 amide bonds. The van der Waals surface area contributed by atoms with Crippen molar-refractivity contribution in [3.05, 3.63) is 52.9 Å². The van der Waals surface area contributed by atoms with E-state index in [4.69, 9.17) is 10.6 Å². The molecule has 2 aromatic heterocycles. The maximum absolute atomic E-state index is 13.2. The fraction of sp³-hybridized carbons (Fsp3) is 0.318. The van der Waals surface area contributed by atoms with Crippen molar-refractivity contribution in [3.8, 4) is 0 Å². The molecule has 2 aromatic rings. The van der Waals surface area contributed by atoms with Gasteiger partial charge < -0.3 is 26.3 Å². The standard InChI is InChI=1S/C22H21N7O6S2/c23-22-25-8-13(37-22)14(27-35-12-4-5-24-17(12)30)18(31)26-15-19(32)29-16(21(33)34)11(10-36-20(15)29)9-28-6-2-1-3-7-28/h1-3,6-8,12,15,20H,4-5,9-10H2,(H4-,23,24,25,26,27,30,31,33,34)/p+1/t12?,15-,20-/m0/s1. The van der Waals surface area contributed by atoms with Gasteiger partial charge >= 0.3 is 5.97 Å². The number of hydrogen-bond donors (Lipinski definition) is 4. The van der Waals surface area contributed by atoms with E-state index >= 15 is 0 Å². The summed E-state index contributed by atoms with van der Waals surface area (Å²) in [6.45, 7) is 0.752. The van der Waals surface area contributed by atoms with Crippen LogP contribution in [0.2, 0.25) is 0 Å². The van der Waals surface area contributed by atoms with E-state index in [0.717, 1.165) is 11.3 Å². The molecular formula is C22H22N7O6S2+. The second kappa shape index (κ2) is 10.2. The Morgan fingerprint density at radius 1 is 1.32 bits per heavy atom. The lowest BCUT2D eigenvalue weighted by Crippen LogP contribution is -2.71. The highest BCUT2D eigenvalue weighted by Crippen LogP contribution is 2.40. The van der Waals surface area contributed by atoms with E-state index < -0.39 is 35.3 Å². The number of nitrogens with two attached hydrogens (primary N) is 1. The number of nitrogens with zero attached hydrogens (tertiary/aromatic N) is 4. The van der Waals surface area contributed by atoms with Gasteiger partial charge in [-0.15, -0.1) is 11.8 Å². The Morgan fingerprint density at radius 3 is 2.76 bits per heavy atom. The minimum atomic E-state index is -1.21. The molecule has 0 aliphatic carbocycles. The van der Waals surface area contributed by atoms with Crippen molar-refractivity contribution in [1.82, 2.24) is 20.5 Å². The van der Waals surface area contributed by atoms with Crippen LogP contribution in [0.15, 0.2) is 53.2 Å². The van der Waals surface area contributed by atoms with Crippen LogP contribution in [0.25, 0.3) is 0 Å². The van der Waals surface area contributed by atoms with Crippen LogP contribution in [0.5, 0.6) is 0 Å². The number of thiazole rings is 1. The Balaban J connectivity index is 1.34. The summed E-state index contributed by atoms with van der Waals surface area (Å²) in [5.41, 5.74) is 6.04. The predicted octanol–water partition coefficient (Wildman–Crippen LogP) is -0.939. The predicted molar refractivity (Wildman–Crippen MR) is 132 cm³/mol. The topological polar surface area (TPSA) is 180 Å². The van der Waals surface area contributed by atoms with Crippen molar-refractivity contribution in [2.45, 2.75) is 30.5 Å². The van der Waals surface area contributed by atoms with Gasteiger partial charge in [0.15, 0.2) is 29.8 Å². The molecule has 5 rings (SSSR count). The van der Waals surface area contributed by atoms with Gasteiger partial charge in [0.2, 0.25) is 6.10 Å². The number of pyridine rings is 1. The van der Waals surface area contributed by atoms with Gasteiger partial charge in [0, 0.05) is 42.6 Å². The Kier molecular flexibility index (Phi) is 6.80. The molecule has 3 atom stereocenters. The summed E-state index contributed by atoms with van der Waals surface area (Å²) in [6, 6.07) is 4.55. The Morgan fingerprint density at radius 2 is 2.11 bits per heavy atom. The molecule has 0 aromatic carbocycles. The third-order valence-corrected chi connectivity index (χ3v) is 8.10. The lowest BCUT2D eigenvalue weighted by Gasteiger charge is -2.49. The number of nitrogens with one attached hydrogen (secondary N) is 2. The summed E-state index contributed by atoms with van der Waals surface area (Å²) >= 11 is 2.36. The normalized spacial score (nSPS) is 23.3. The number of fused-ring (bicyclic) bond motifs is 1. The fourth-order valence-electron chi connectivity index (χ4n) is 4.16. The van der Waals surface area contributed by atoms with Crippen molar-refractivity contribution in [2.24, 2.45) is 5.16 Å². The van der Waals surface area contributed by atoms with Crippen LogP contribution >= 0.6 is 23.1 Å². The van der Waals surface area contributed by atoms with Gasteiger partial charge in [-0.05, 0) is 0 Å². The van der Waals surface area contributed by atoms with Gasteiger partial charge in [0.1, 0.15) is 17.1 Å². The van der Waals surface area contributed by atoms with E-state index in [1.165, 1.54) is 22.9 Å². The number of carboxylic acids is 1. The van der Waals surface area contributed by atoms with Gasteiger partial charge in [0.25, 0.3) is 17.7 Å².